The minimum absolute atomic E-state index is 0. The third kappa shape index (κ3) is 9.23. The number of fused-ring (bicyclic) bond motifs is 3. The number of rotatable bonds is 5. The van der Waals surface area contributed by atoms with Crippen LogP contribution in [0.1, 0.15) is 98.1 Å². The molecule has 4 nitrogen and oxygen atoms in total. The van der Waals surface area contributed by atoms with Gasteiger partial charge in [-0.3, -0.25) is 0 Å². The van der Waals surface area contributed by atoms with Gasteiger partial charge in [0, 0.05) is 43.4 Å². The van der Waals surface area contributed by atoms with E-state index in [1.54, 1.807) is 24.2 Å². The summed E-state index contributed by atoms with van der Waals surface area (Å²) < 4.78 is 24.0. The van der Waals surface area contributed by atoms with Crippen molar-refractivity contribution in [1.29, 1.82) is 5.26 Å². The Hall–Kier alpha value is -5.44. The second-order valence-corrected chi connectivity index (χ2v) is 24.8. The maximum Gasteiger partial charge on any atom is 0.130 e. The standard InChI is InChI=1S/C43H41N2OSi.C15H16N.Ir/c1-43(2,3)38-26-31(29-19-24-47(25-20-29)22-7-8-23-47)14-16-34(38)32-18-21-45-39(27-32)37-13-9-12-35-36-17-15-33(28-44)40(42(36)46-41(35)37)30-10-5-4-6-11-30;1-15(2,3)13-9-10-14(16-11-13)12-7-5-4-6-8-12;/h4-6,9-12,14-18,21,26-27,29H,7-8,19-20,22-25H2,1-3H3;4-7,9-11H,1-3H3;/q2*-1;/i4D,16D;;. The van der Waals surface area contributed by atoms with E-state index in [-0.39, 0.29) is 30.9 Å². The van der Waals surface area contributed by atoms with E-state index < -0.39 is 8.07 Å². The summed E-state index contributed by atoms with van der Waals surface area (Å²) in [5, 5.41) is 11.9. The fourth-order valence-corrected chi connectivity index (χ4v) is 15.4. The summed E-state index contributed by atoms with van der Waals surface area (Å²) in [5.74, 6) is 0.558. The Morgan fingerprint density at radius 1 is 0.734 bits per heavy atom. The molecule has 0 saturated carbocycles. The third-order valence-corrected chi connectivity index (χ3v) is 19.1. The predicted octanol–water partition coefficient (Wildman–Crippen LogP) is 15.9. The summed E-state index contributed by atoms with van der Waals surface area (Å²) in [6, 6.07) is 51.6. The molecule has 2 aliphatic heterocycles. The molecule has 1 spiro atoms. The second-order valence-electron chi connectivity index (χ2n) is 19.8. The number of nitriles is 1. The monoisotopic (exact) mass is 1030 g/mol. The van der Waals surface area contributed by atoms with Crippen LogP contribution in [0.2, 0.25) is 24.2 Å². The summed E-state index contributed by atoms with van der Waals surface area (Å²) >= 11 is 0. The molecule has 325 valence electrons. The van der Waals surface area contributed by atoms with Crippen LogP contribution in [0.25, 0.3) is 66.7 Å². The van der Waals surface area contributed by atoms with Crippen molar-refractivity contribution in [1.82, 2.24) is 9.97 Å². The molecule has 6 heteroatoms. The van der Waals surface area contributed by atoms with Gasteiger partial charge < -0.3 is 14.4 Å². The minimum Gasteiger partial charge on any atom is -0.500 e. The van der Waals surface area contributed by atoms with E-state index in [0.717, 1.165) is 55.5 Å². The Balaban J connectivity index is 0.000000295. The Labute approximate surface area is 397 Å². The van der Waals surface area contributed by atoms with Crippen LogP contribution in [0.3, 0.4) is 0 Å². The number of benzene rings is 5. The van der Waals surface area contributed by atoms with Gasteiger partial charge in [-0.2, -0.15) is 5.26 Å². The molecule has 0 unspecified atom stereocenters. The first-order chi connectivity index (χ1) is 31.2. The van der Waals surface area contributed by atoms with Crippen LogP contribution in [0.4, 0.5) is 0 Å². The Kier molecular flexibility index (Phi) is 12.3. The molecule has 5 heterocycles. The summed E-state index contributed by atoms with van der Waals surface area (Å²) in [6.07, 6.45) is 9.28. The van der Waals surface area contributed by atoms with Gasteiger partial charge in [-0.1, -0.05) is 162 Å². The zero-order valence-corrected chi connectivity index (χ0v) is 41.3. The van der Waals surface area contributed by atoms with E-state index >= 15 is 0 Å². The van der Waals surface area contributed by atoms with Crippen LogP contribution < -0.4 is 0 Å². The number of hydrogen-bond acceptors (Lipinski definition) is 4. The Morgan fingerprint density at radius 2 is 1.50 bits per heavy atom. The van der Waals surface area contributed by atoms with Gasteiger partial charge in [0.15, 0.2) is 0 Å². The van der Waals surface area contributed by atoms with Gasteiger partial charge in [-0.05, 0) is 86.5 Å². The number of aromatic nitrogens is 2. The smallest absolute Gasteiger partial charge is 0.130 e. The number of pyridine rings is 2. The summed E-state index contributed by atoms with van der Waals surface area (Å²) in [7, 11) is -1.00. The summed E-state index contributed by atoms with van der Waals surface area (Å²) in [5.41, 5.74) is 12.6. The fourth-order valence-electron chi connectivity index (χ4n) is 9.97. The molecule has 0 aliphatic carbocycles. The van der Waals surface area contributed by atoms with E-state index in [2.05, 4.69) is 95.1 Å². The molecule has 2 aliphatic rings. The Morgan fingerprint density at radius 3 is 2.17 bits per heavy atom. The van der Waals surface area contributed by atoms with Gasteiger partial charge in [-0.15, -0.1) is 54.1 Å². The van der Waals surface area contributed by atoms with E-state index in [1.807, 2.05) is 79.1 Å². The van der Waals surface area contributed by atoms with Gasteiger partial charge >= 0.3 is 0 Å². The molecular weight excluding hydrogens is 975 g/mol. The van der Waals surface area contributed by atoms with Crippen LogP contribution in [0.15, 0.2) is 138 Å². The molecule has 0 bridgehead atoms. The molecule has 0 amide bonds. The largest absolute Gasteiger partial charge is 0.500 e. The van der Waals surface area contributed by atoms with Gasteiger partial charge in [0.1, 0.15) is 5.58 Å². The molecule has 10 rings (SSSR count). The van der Waals surface area contributed by atoms with Crippen molar-refractivity contribution in [2.75, 3.05) is 0 Å². The number of furan rings is 1. The SMILES string of the molecule is CC(C)(C)c1ccc(-c2[c-]cccc2)nc1.[2H]c1ccc(-c2c(C#N)ccc3c2oc2c(-c4cc(-c5c([2H])cc(C6CC[Si]7(CCCC7)CC6)cc5C(C)(C)C)ccn4)[c-]ccc23)cc1.[Ir]. The van der Waals surface area contributed by atoms with Crippen molar-refractivity contribution >= 4 is 30.0 Å². The molecule has 2 saturated heterocycles. The second kappa shape index (κ2) is 18.6. The molecule has 8 aromatic rings. The molecule has 64 heavy (non-hydrogen) atoms. The first-order valence-electron chi connectivity index (χ1n) is 23.6. The van der Waals surface area contributed by atoms with E-state index in [0.29, 0.717) is 34.7 Å². The molecule has 2 fully saturated rings. The zero-order chi connectivity index (χ0) is 45.5. The average Bonchev–Trinajstić information content (AvgIpc) is 3.93. The molecule has 0 atom stereocenters. The van der Waals surface area contributed by atoms with Gasteiger partial charge in [0.2, 0.25) is 0 Å². The molecular formula is C58H57IrN3OSi-2. The number of nitrogens with zero attached hydrogens (tertiary/aromatic N) is 3. The summed E-state index contributed by atoms with van der Waals surface area (Å²) in [4.78, 5) is 9.29. The van der Waals surface area contributed by atoms with E-state index in [1.165, 1.54) is 54.5 Å². The quantitative estimate of drug-likeness (QED) is 0.127. The molecule has 1 radical (unpaired) electrons. The van der Waals surface area contributed by atoms with Gasteiger partial charge in [0.25, 0.3) is 0 Å². The normalized spacial score (nSPS) is 15.5. The van der Waals surface area contributed by atoms with E-state index in [9.17, 15) is 6.63 Å². The van der Waals surface area contributed by atoms with Crippen molar-refractivity contribution in [3.8, 4) is 50.8 Å². The van der Waals surface area contributed by atoms with Gasteiger partial charge in [-0.25, -0.2) is 0 Å². The predicted molar refractivity (Wildman–Crippen MR) is 263 cm³/mol. The molecule has 5 aromatic carbocycles. The van der Waals surface area contributed by atoms with Gasteiger partial charge in [0.05, 0.1) is 28.0 Å². The topological polar surface area (TPSA) is 62.7 Å². The van der Waals surface area contributed by atoms with Crippen LogP contribution in [-0.4, -0.2) is 18.0 Å². The maximum atomic E-state index is 10.0. The first-order valence-corrected chi connectivity index (χ1v) is 25.5. The van der Waals surface area contributed by atoms with Crippen molar-refractivity contribution in [3.05, 3.63) is 168 Å². The van der Waals surface area contributed by atoms with Crippen LogP contribution >= 0.6 is 0 Å². The van der Waals surface area contributed by atoms with Crippen molar-refractivity contribution in [2.24, 2.45) is 0 Å². The third-order valence-electron chi connectivity index (χ3n) is 13.6. The summed E-state index contributed by atoms with van der Waals surface area (Å²) in [6.45, 7) is 13.3. The van der Waals surface area contributed by atoms with Crippen LogP contribution in [0.5, 0.6) is 0 Å². The fraction of sp³-hybridized carbons (Fsp3) is 0.293. The van der Waals surface area contributed by atoms with Crippen molar-refractivity contribution < 1.29 is 27.3 Å². The zero-order valence-electron chi connectivity index (χ0n) is 39.9. The first kappa shape index (κ1) is 42.5. The maximum absolute atomic E-state index is 10.0. The van der Waals surface area contributed by atoms with Crippen molar-refractivity contribution in [3.63, 3.8) is 0 Å². The van der Waals surface area contributed by atoms with Crippen LogP contribution in [-0.2, 0) is 30.9 Å². The number of hydrogen-bond donors (Lipinski definition) is 0. The minimum atomic E-state index is -1.00. The Bertz CT molecular complexity index is 3040. The molecule has 3 aromatic heterocycles. The van der Waals surface area contributed by atoms with E-state index in [4.69, 9.17) is 10.8 Å². The molecule has 0 N–H and O–H groups in total. The average molecular weight is 1030 g/mol. The van der Waals surface area contributed by atoms with Crippen LogP contribution in [0, 0.1) is 23.5 Å². The van der Waals surface area contributed by atoms with Crippen molar-refractivity contribution in [2.45, 2.75) is 108 Å².